The summed E-state index contributed by atoms with van der Waals surface area (Å²) in [6, 6.07) is 63.9. The Balaban J connectivity index is 1.19. The summed E-state index contributed by atoms with van der Waals surface area (Å²) in [5.74, 6) is 1.80. The van der Waals surface area contributed by atoms with Gasteiger partial charge in [0.15, 0.2) is 17.5 Å². The third-order valence-corrected chi connectivity index (χ3v) is 11.2. The maximum Gasteiger partial charge on any atom is 0.164 e. The van der Waals surface area contributed by atoms with Crippen LogP contribution in [-0.4, -0.2) is 19.5 Å². The molecule has 0 amide bonds. The van der Waals surface area contributed by atoms with Gasteiger partial charge in [-0.25, -0.2) is 15.0 Å². The molecule has 3 aromatic heterocycles. The first kappa shape index (κ1) is 30.8. The van der Waals surface area contributed by atoms with Crippen LogP contribution in [0.2, 0.25) is 0 Å². The van der Waals surface area contributed by atoms with Crippen molar-refractivity contribution in [2.75, 3.05) is 0 Å². The largest absolute Gasteiger partial charge is 0.456 e. The molecule has 0 aliphatic rings. The highest BCUT2D eigenvalue weighted by molar-refractivity contribution is 6.16. The molecule has 0 spiro atoms. The van der Waals surface area contributed by atoms with Crippen molar-refractivity contribution in [3.63, 3.8) is 0 Å². The number of benzene rings is 9. The first-order valence-corrected chi connectivity index (χ1v) is 18.8. The van der Waals surface area contributed by atoms with Crippen molar-refractivity contribution in [2.24, 2.45) is 0 Å². The monoisotopic (exact) mass is 714 g/mol. The molecule has 5 heteroatoms. The lowest BCUT2D eigenvalue weighted by atomic mass is 10.0. The molecular weight excluding hydrogens is 685 g/mol. The minimum Gasteiger partial charge on any atom is -0.456 e. The second kappa shape index (κ2) is 11.9. The summed E-state index contributed by atoms with van der Waals surface area (Å²) < 4.78 is 9.05. The van der Waals surface area contributed by atoms with E-state index in [0.29, 0.717) is 17.5 Å². The lowest BCUT2D eigenvalue weighted by Gasteiger charge is -2.14. The van der Waals surface area contributed by atoms with E-state index in [-0.39, 0.29) is 0 Å². The van der Waals surface area contributed by atoms with Gasteiger partial charge in [0, 0.05) is 44.3 Å². The third kappa shape index (κ3) is 4.71. The normalized spacial score (nSPS) is 11.9. The molecule has 56 heavy (non-hydrogen) atoms. The van der Waals surface area contributed by atoms with Crippen LogP contribution in [0.5, 0.6) is 0 Å². The molecule has 3 heterocycles. The molecule has 0 atom stereocenters. The molecule has 0 aliphatic carbocycles. The molecule has 0 unspecified atom stereocenters. The van der Waals surface area contributed by atoms with Gasteiger partial charge < -0.3 is 8.98 Å². The molecule has 260 valence electrons. The van der Waals surface area contributed by atoms with E-state index in [1.54, 1.807) is 0 Å². The first-order chi connectivity index (χ1) is 27.7. The average molecular weight is 715 g/mol. The SMILES string of the molecule is c1ccc2cc(-c3nc(-c4cccc5ccccc45)nc(-c4cc(-n5c6ccccc6c6cc7ccccc7cc65)cc5oc6ccccc6c45)n3)ccc2c1. The number of nitrogens with zero attached hydrogens (tertiary/aromatic N) is 4. The standard InChI is InChI=1S/C51H30N4O/c1-2-14-33-26-36(25-24-31(33)12-1)49-52-50(40-21-11-17-32-13-5-6-18-38(32)40)54-51(53-49)43-29-37(30-47-48(43)41-20-8-10-23-46(41)56-47)55-44-22-9-7-19-39(44)42-27-34-15-3-4-16-35(34)28-45(42)55/h1-30H. The van der Waals surface area contributed by atoms with Gasteiger partial charge in [-0.05, 0) is 68.7 Å². The summed E-state index contributed by atoms with van der Waals surface area (Å²) in [6.45, 7) is 0. The molecule has 0 aliphatic heterocycles. The lowest BCUT2D eigenvalue weighted by Crippen LogP contribution is -2.02. The van der Waals surface area contributed by atoms with Crippen molar-refractivity contribution < 1.29 is 4.42 Å². The summed E-state index contributed by atoms with van der Waals surface area (Å²) in [4.78, 5) is 15.9. The maximum absolute atomic E-state index is 6.70. The van der Waals surface area contributed by atoms with Crippen LogP contribution in [0, 0.1) is 0 Å². The van der Waals surface area contributed by atoms with E-state index in [4.69, 9.17) is 19.4 Å². The maximum atomic E-state index is 6.70. The summed E-state index contributed by atoms with van der Waals surface area (Å²) >= 11 is 0. The Morgan fingerprint density at radius 1 is 0.357 bits per heavy atom. The van der Waals surface area contributed by atoms with E-state index in [1.165, 1.54) is 21.5 Å². The van der Waals surface area contributed by atoms with Crippen LogP contribution in [0.3, 0.4) is 0 Å². The van der Waals surface area contributed by atoms with Crippen LogP contribution >= 0.6 is 0 Å². The number of aromatic nitrogens is 4. The van der Waals surface area contributed by atoms with Gasteiger partial charge in [-0.2, -0.15) is 0 Å². The quantitative estimate of drug-likeness (QED) is 0.182. The first-order valence-electron chi connectivity index (χ1n) is 18.8. The summed E-state index contributed by atoms with van der Waals surface area (Å²) in [5.41, 5.74) is 7.53. The van der Waals surface area contributed by atoms with Crippen LogP contribution < -0.4 is 0 Å². The zero-order chi connectivity index (χ0) is 36.7. The molecule has 0 bridgehead atoms. The molecule has 9 aromatic carbocycles. The fraction of sp³-hybridized carbons (Fsp3) is 0. The van der Waals surface area contributed by atoms with Crippen molar-refractivity contribution in [3.8, 4) is 39.9 Å². The Kier molecular flexibility index (Phi) is 6.56. The van der Waals surface area contributed by atoms with Crippen molar-refractivity contribution in [1.82, 2.24) is 19.5 Å². The number of furan rings is 1. The highest BCUT2D eigenvalue weighted by Crippen LogP contribution is 2.42. The average Bonchev–Trinajstić information content (AvgIpc) is 3.80. The number of rotatable bonds is 4. The van der Waals surface area contributed by atoms with Gasteiger partial charge in [0.05, 0.1) is 16.7 Å². The zero-order valence-corrected chi connectivity index (χ0v) is 30.0. The van der Waals surface area contributed by atoms with Crippen LogP contribution in [0.4, 0.5) is 0 Å². The lowest BCUT2D eigenvalue weighted by molar-refractivity contribution is 0.668. The number of fused-ring (bicyclic) bond motifs is 9. The minimum atomic E-state index is 0.579. The zero-order valence-electron chi connectivity index (χ0n) is 30.0. The Labute approximate surface area is 320 Å². The van der Waals surface area contributed by atoms with Gasteiger partial charge in [-0.1, -0.05) is 140 Å². The van der Waals surface area contributed by atoms with Crippen molar-refractivity contribution in [3.05, 3.63) is 182 Å². The van der Waals surface area contributed by atoms with Crippen LogP contribution in [-0.2, 0) is 0 Å². The molecule has 0 N–H and O–H groups in total. The third-order valence-electron chi connectivity index (χ3n) is 11.2. The summed E-state index contributed by atoms with van der Waals surface area (Å²) in [6.07, 6.45) is 0. The molecule has 12 rings (SSSR count). The Morgan fingerprint density at radius 2 is 0.982 bits per heavy atom. The number of para-hydroxylation sites is 2. The van der Waals surface area contributed by atoms with Gasteiger partial charge in [0.1, 0.15) is 11.2 Å². The van der Waals surface area contributed by atoms with Crippen LogP contribution in [0.25, 0.3) is 116 Å². The van der Waals surface area contributed by atoms with Gasteiger partial charge in [0.25, 0.3) is 0 Å². The smallest absolute Gasteiger partial charge is 0.164 e. The van der Waals surface area contributed by atoms with Crippen molar-refractivity contribution in [2.45, 2.75) is 0 Å². The second-order valence-electron chi connectivity index (χ2n) is 14.4. The van der Waals surface area contributed by atoms with E-state index in [0.717, 1.165) is 76.9 Å². The van der Waals surface area contributed by atoms with E-state index in [1.807, 2.05) is 12.1 Å². The minimum absolute atomic E-state index is 0.579. The predicted molar refractivity (Wildman–Crippen MR) is 230 cm³/mol. The van der Waals surface area contributed by atoms with Crippen LogP contribution in [0.15, 0.2) is 186 Å². The number of hydrogen-bond donors (Lipinski definition) is 0. The summed E-state index contributed by atoms with van der Waals surface area (Å²) in [7, 11) is 0. The van der Waals surface area contributed by atoms with Crippen molar-refractivity contribution >= 4 is 76.1 Å². The molecule has 12 aromatic rings. The predicted octanol–water partition coefficient (Wildman–Crippen LogP) is 13.3. The molecular formula is C51H30N4O. The fourth-order valence-electron chi connectivity index (χ4n) is 8.57. The molecule has 5 nitrogen and oxygen atoms in total. The van der Waals surface area contributed by atoms with Crippen molar-refractivity contribution in [1.29, 1.82) is 0 Å². The highest BCUT2D eigenvalue weighted by atomic mass is 16.3. The second-order valence-corrected chi connectivity index (χ2v) is 14.4. The van der Waals surface area contributed by atoms with Gasteiger partial charge in [-0.3, -0.25) is 0 Å². The van der Waals surface area contributed by atoms with Gasteiger partial charge in [0.2, 0.25) is 0 Å². The summed E-state index contributed by atoms with van der Waals surface area (Å²) in [5, 5.41) is 11.3. The van der Waals surface area contributed by atoms with E-state index >= 15 is 0 Å². The van der Waals surface area contributed by atoms with Gasteiger partial charge in [-0.15, -0.1) is 0 Å². The topological polar surface area (TPSA) is 56.7 Å². The highest BCUT2D eigenvalue weighted by Gasteiger charge is 2.22. The fourth-order valence-corrected chi connectivity index (χ4v) is 8.57. The van der Waals surface area contributed by atoms with E-state index < -0.39 is 0 Å². The van der Waals surface area contributed by atoms with E-state index in [2.05, 4.69) is 174 Å². The Bertz CT molecular complexity index is 3550. The number of hydrogen-bond acceptors (Lipinski definition) is 4. The molecule has 0 fully saturated rings. The van der Waals surface area contributed by atoms with E-state index in [9.17, 15) is 0 Å². The molecule has 0 radical (unpaired) electrons. The Hall–Kier alpha value is -7.63. The molecule has 0 saturated heterocycles. The van der Waals surface area contributed by atoms with Crippen LogP contribution in [0.1, 0.15) is 0 Å². The molecule has 0 saturated carbocycles. The van der Waals surface area contributed by atoms with Gasteiger partial charge >= 0.3 is 0 Å². The Morgan fingerprint density at radius 3 is 1.82 bits per heavy atom.